The molecule has 142 valence electrons. The lowest BCUT2D eigenvalue weighted by Crippen LogP contribution is -2.57. The van der Waals surface area contributed by atoms with Crippen molar-refractivity contribution in [3.05, 3.63) is 35.4 Å². The van der Waals surface area contributed by atoms with Crippen LogP contribution in [-0.2, 0) is 20.8 Å². The van der Waals surface area contributed by atoms with Gasteiger partial charge in [0.15, 0.2) is 0 Å². The molecule has 2 rings (SSSR count). The Hall–Kier alpha value is -2.51. The zero-order valence-corrected chi connectivity index (χ0v) is 14.9. The van der Waals surface area contributed by atoms with E-state index in [-0.39, 0.29) is 42.3 Å². The van der Waals surface area contributed by atoms with Crippen molar-refractivity contribution in [1.82, 2.24) is 16.0 Å². The van der Waals surface area contributed by atoms with Crippen molar-refractivity contribution < 1.29 is 23.2 Å². The average Bonchev–Trinajstić information content (AvgIpc) is 2.50. The summed E-state index contributed by atoms with van der Waals surface area (Å²) in [6.07, 6.45) is -0.0634. The van der Waals surface area contributed by atoms with E-state index in [1.807, 2.05) is 13.8 Å². The predicted molar refractivity (Wildman–Crippen MR) is 91.0 cm³/mol. The highest BCUT2D eigenvalue weighted by Gasteiger charge is 2.33. The normalized spacial score (nSPS) is 23.7. The fourth-order valence-corrected chi connectivity index (χ4v) is 2.93. The molecule has 3 unspecified atom stereocenters. The summed E-state index contributed by atoms with van der Waals surface area (Å²) in [5.41, 5.74) is 0.180. The van der Waals surface area contributed by atoms with Crippen molar-refractivity contribution in [3.8, 4) is 0 Å². The summed E-state index contributed by atoms with van der Waals surface area (Å²) >= 11 is 0. The molecule has 1 fully saturated rings. The summed E-state index contributed by atoms with van der Waals surface area (Å²) in [7, 11) is 0. The Morgan fingerprint density at radius 3 is 2.46 bits per heavy atom. The molecule has 0 aliphatic carbocycles. The molecule has 1 aromatic rings. The summed E-state index contributed by atoms with van der Waals surface area (Å²) in [6, 6.07) is 1.64. The second-order valence-electron chi connectivity index (χ2n) is 6.78. The molecular weight excluding hydrogens is 344 g/mol. The minimum absolute atomic E-state index is 0.0508. The Balaban J connectivity index is 1.89. The molecule has 1 aromatic carbocycles. The number of halogens is 2. The van der Waals surface area contributed by atoms with Crippen molar-refractivity contribution in [1.29, 1.82) is 0 Å². The number of carbonyl (C=O) groups is 3. The Kier molecular flexibility index (Phi) is 6.28. The van der Waals surface area contributed by atoms with Crippen molar-refractivity contribution >= 4 is 17.7 Å². The van der Waals surface area contributed by atoms with Gasteiger partial charge in [0.1, 0.15) is 17.7 Å². The number of piperidine rings is 1. The lowest BCUT2D eigenvalue weighted by molar-refractivity contribution is -0.130. The third kappa shape index (κ3) is 5.24. The van der Waals surface area contributed by atoms with E-state index in [0.29, 0.717) is 0 Å². The molecule has 6 nitrogen and oxygen atoms in total. The Morgan fingerprint density at radius 2 is 1.85 bits per heavy atom. The molecule has 0 aromatic heterocycles. The zero-order chi connectivity index (χ0) is 19.4. The fraction of sp³-hybridized carbons (Fsp3) is 0.500. The molecule has 3 N–H and O–H groups in total. The largest absolute Gasteiger partial charge is 0.353 e. The standard InChI is InChI=1S/C18H23F2N3O3/c1-9-10(2)21-17(25)8-15(9)23-18(26)11(3)22-16(24)6-12-4-13(19)7-14(20)5-12/h4-5,7,9-11,15H,6,8H2,1-3H3,(H,21,25)(H,22,24)(H,23,26)/t9?,10?,11-,15?/m0/s1. The maximum atomic E-state index is 13.2. The molecule has 3 amide bonds. The van der Waals surface area contributed by atoms with Crippen LogP contribution < -0.4 is 16.0 Å². The van der Waals surface area contributed by atoms with Gasteiger partial charge in [-0.3, -0.25) is 14.4 Å². The average molecular weight is 367 g/mol. The lowest BCUT2D eigenvalue weighted by atomic mass is 9.88. The first-order valence-electron chi connectivity index (χ1n) is 8.49. The minimum atomic E-state index is -0.839. The monoisotopic (exact) mass is 367 g/mol. The molecule has 1 aliphatic heterocycles. The third-order valence-electron chi connectivity index (χ3n) is 4.60. The number of rotatable bonds is 5. The fourth-order valence-electron chi connectivity index (χ4n) is 2.93. The zero-order valence-electron chi connectivity index (χ0n) is 14.9. The first-order chi connectivity index (χ1) is 12.2. The second kappa shape index (κ2) is 8.25. The van der Waals surface area contributed by atoms with Gasteiger partial charge in [0, 0.05) is 24.6 Å². The highest BCUT2D eigenvalue weighted by Crippen LogP contribution is 2.17. The smallest absolute Gasteiger partial charge is 0.242 e. The van der Waals surface area contributed by atoms with Crippen LogP contribution in [0.25, 0.3) is 0 Å². The van der Waals surface area contributed by atoms with Crippen molar-refractivity contribution in [3.63, 3.8) is 0 Å². The van der Waals surface area contributed by atoms with E-state index in [1.54, 1.807) is 0 Å². The van der Waals surface area contributed by atoms with Crippen LogP contribution in [0.1, 0.15) is 32.8 Å². The van der Waals surface area contributed by atoms with Gasteiger partial charge in [0.2, 0.25) is 17.7 Å². The summed E-state index contributed by atoms with van der Waals surface area (Å²) in [5, 5.41) is 8.09. The number of hydrogen-bond donors (Lipinski definition) is 3. The van der Waals surface area contributed by atoms with Crippen molar-refractivity contribution in [2.24, 2.45) is 5.92 Å². The molecule has 4 atom stereocenters. The molecular formula is C18H23F2N3O3. The molecule has 1 aliphatic rings. The Bertz CT molecular complexity index is 691. The number of nitrogens with one attached hydrogen (secondary N) is 3. The van der Waals surface area contributed by atoms with Gasteiger partial charge in [-0.15, -0.1) is 0 Å². The maximum Gasteiger partial charge on any atom is 0.242 e. The van der Waals surface area contributed by atoms with Gasteiger partial charge in [-0.25, -0.2) is 8.78 Å². The van der Waals surface area contributed by atoms with E-state index in [0.717, 1.165) is 18.2 Å². The van der Waals surface area contributed by atoms with Crippen molar-refractivity contribution in [2.45, 2.75) is 51.7 Å². The molecule has 0 bridgehead atoms. The quantitative estimate of drug-likeness (QED) is 0.727. The summed E-state index contributed by atoms with van der Waals surface area (Å²) < 4.78 is 26.3. The second-order valence-corrected chi connectivity index (χ2v) is 6.78. The van der Waals surface area contributed by atoms with Gasteiger partial charge < -0.3 is 16.0 Å². The SMILES string of the molecule is CC1NC(=O)CC(NC(=O)[C@H](C)NC(=O)Cc2cc(F)cc(F)c2)C1C. The van der Waals surface area contributed by atoms with Gasteiger partial charge in [-0.1, -0.05) is 6.92 Å². The van der Waals surface area contributed by atoms with Crippen LogP contribution in [0.4, 0.5) is 8.78 Å². The molecule has 0 spiro atoms. The van der Waals surface area contributed by atoms with Crippen LogP contribution >= 0.6 is 0 Å². The number of hydrogen-bond acceptors (Lipinski definition) is 3. The highest BCUT2D eigenvalue weighted by molar-refractivity contribution is 5.88. The lowest BCUT2D eigenvalue weighted by Gasteiger charge is -2.35. The predicted octanol–water partition coefficient (Wildman–Crippen LogP) is 1.04. The van der Waals surface area contributed by atoms with Gasteiger partial charge in [-0.2, -0.15) is 0 Å². The van der Waals surface area contributed by atoms with E-state index in [9.17, 15) is 23.2 Å². The number of amides is 3. The van der Waals surface area contributed by atoms with Crippen LogP contribution in [0.5, 0.6) is 0 Å². The number of benzene rings is 1. The Labute approximate surface area is 150 Å². The van der Waals surface area contributed by atoms with E-state index in [1.165, 1.54) is 6.92 Å². The molecule has 0 radical (unpaired) electrons. The molecule has 1 saturated heterocycles. The van der Waals surface area contributed by atoms with Crippen LogP contribution in [-0.4, -0.2) is 35.8 Å². The van der Waals surface area contributed by atoms with Crippen LogP contribution in [0.2, 0.25) is 0 Å². The van der Waals surface area contributed by atoms with Crippen LogP contribution in [0.3, 0.4) is 0 Å². The van der Waals surface area contributed by atoms with E-state index >= 15 is 0 Å². The topological polar surface area (TPSA) is 87.3 Å². The summed E-state index contributed by atoms with van der Waals surface area (Å²) in [6.45, 7) is 5.30. The number of carbonyl (C=O) groups excluding carboxylic acids is 3. The summed E-state index contributed by atoms with van der Waals surface area (Å²) in [4.78, 5) is 35.9. The highest BCUT2D eigenvalue weighted by atomic mass is 19.1. The van der Waals surface area contributed by atoms with Gasteiger partial charge in [0.25, 0.3) is 0 Å². The van der Waals surface area contributed by atoms with Gasteiger partial charge >= 0.3 is 0 Å². The Morgan fingerprint density at radius 1 is 1.23 bits per heavy atom. The molecule has 1 heterocycles. The van der Waals surface area contributed by atoms with E-state index in [2.05, 4.69) is 16.0 Å². The third-order valence-corrected chi connectivity index (χ3v) is 4.60. The van der Waals surface area contributed by atoms with Crippen LogP contribution in [0.15, 0.2) is 18.2 Å². The minimum Gasteiger partial charge on any atom is -0.353 e. The van der Waals surface area contributed by atoms with Gasteiger partial charge in [0.05, 0.1) is 6.42 Å². The van der Waals surface area contributed by atoms with E-state index in [4.69, 9.17) is 0 Å². The van der Waals surface area contributed by atoms with Gasteiger partial charge in [-0.05, 0) is 37.5 Å². The van der Waals surface area contributed by atoms with E-state index < -0.39 is 29.5 Å². The first-order valence-corrected chi connectivity index (χ1v) is 8.49. The maximum absolute atomic E-state index is 13.2. The van der Waals surface area contributed by atoms with Crippen LogP contribution in [0, 0.1) is 17.6 Å². The summed E-state index contributed by atoms with van der Waals surface area (Å²) in [5.74, 6) is -2.56. The first kappa shape index (κ1) is 19.8. The molecule has 26 heavy (non-hydrogen) atoms. The molecule has 8 heteroatoms. The molecule has 0 saturated carbocycles. The van der Waals surface area contributed by atoms with Crippen molar-refractivity contribution in [2.75, 3.05) is 0 Å².